The number of carbonyl (C=O) groups is 1. The minimum absolute atomic E-state index is 0.307. The van der Waals surface area contributed by atoms with Crippen molar-refractivity contribution in [2.45, 2.75) is 90.5 Å². The average Bonchev–Trinajstić information content (AvgIpc) is 3.46. The summed E-state index contributed by atoms with van der Waals surface area (Å²) in [6, 6.07) is 13.0. The van der Waals surface area contributed by atoms with Crippen LogP contribution in [0.2, 0.25) is 0 Å². The summed E-state index contributed by atoms with van der Waals surface area (Å²) in [6.45, 7) is 3.57. The maximum Gasteiger partial charge on any atom is 0.323 e. The SMILES string of the molecule is CCCCCCCCCCCCCCOc1cc(OC)ccc1NC(=O)Nc1ccccc1C[n+]1ccsc1. The molecule has 2 N–H and O–H groups in total. The molecule has 0 atom stereocenters. The highest BCUT2D eigenvalue weighted by atomic mass is 32.1. The third-order valence-electron chi connectivity index (χ3n) is 6.84. The Labute approximate surface area is 238 Å². The van der Waals surface area contributed by atoms with Gasteiger partial charge in [0.15, 0.2) is 12.7 Å². The van der Waals surface area contributed by atoms with Crippen LogP contribution in [0.3, 0.4) is 0 Å². The molecule has 0 fully saturated rings. The van der Waals surface area contributed by atoms with Gasteiger partial charge in [-0.15, -0.1) is 0 Å². The van der Waals surface area contributed by atoms with Gasteiger partial charge in [-0.1, -0.05) is 107 Å². The van der Waals surface area contributed by atoms with Gasteiger partial charge in [-0.05, 0) is 24.6 Å². The number of nitrogens with zero attached hydrogens (tertiary/aromatic N) is 1. The number of carbonyl (C=O) groups excluding carboxylic acids is 1. The van der Waals surface area contributed by atoms with Crippen molar-refractivity contribution in [1.82, 2.24) is 0 Å². The first-order valence-corrected chi connectivity index (χ1v) is 15.5. The standard InChI is InChI=1S/C32H45N3O3S/c1-3-4-5-6-7-8-9-10-11-12-13-16-22-38-31-24-28(37-2)19-20-30(31)34-32(36)33-29-18-15-14-17-27(29)25-35-21-23-39-26-35/h14-15,17-21,23-24,26H,3-13,16,22,25H2,1-2H3,(H-,33,34,36)/p+1. The number of benzene rings is 2. The minimum Gasteiger partial charge on any atom is -0.497 e. The maximum atomic E-state index is 12.9. The van der Waals surface area contributed by atoms with E-state index in [0.717, 1.165) is 24.1 Å². The van der Waals surface area contributed by atoms with E-state index in [-0.39, 0.29) is 6.03 Å². The summed E-state index contributed by atoms with van der Waals surface area (Å²) in [7, 11) is 1.63. The lowest BCUT2D eigenvalue weighted by Gasteiger charge is -2.15. The summed E-state index contributed by atoms with van der Waals surface area (Å²) in [4.78, 5) is 12.9. The highest BCUT2D eigenvalue weighted by Gasteiger charge is 2.13. The number of hydrogen-bond acceptors (Lipinski definition) is 4. The molecule has 0 bridgehead atoms. The Kier molecular flexibility index (Phi) is 14.3. The second-order valence-corrected chi connectivity index (χ2v) is 10.8. The third-order valence-corrected chi connectivity index (χ3v) is 7.51. The van der Waals surface area contributed by atoms with Crippen LogP contribution in [-0.2, 0) is 6.54 Å². The van der Waals surface area contributed by atoms with E-state index in [0.29, 0.717) is 30.3 Å². The molecule has 39 heavy (non-hydrogen) atoms. The van der Waals surface area contributed by atoms with Crippen LogP contribution in [0.25, 0.3) is 0 Å². The molecule has 0 saturated carbocycles. The van der Waals surface area contributed by atoms with E-state index in [1.807, 2.05) is 59.6 Å². The molecule has 3 aromatic rings. The molecule has 0 aliphatic heterocycles. The molecule has 6 nitrogen and oxygen atoms in total. The lowest BCUT2D eigenvalue weighted by Crippen LogP contribution is -2.31. The van der Waals surface area contributed by atoms with Gasteiger partial charge in [0, 0.05) is 11.6 Å². The fourth-order valence-corrected chi connectivity index (χ4v) is 5.18. The number of unbranched alkanes of at least 4 members (excludes halogenated alkanes) is 11. The monoisotopic (exact) mass is 552 g/mol. The Hall–Kier alpha value is -3.06. The number of hydrogen-bond donors (Lipinski definition) is 2. The Morgan fingerprint density at radius 3 is 2.18 bits per heavy atom. The Balaban J connectivity index is 1.41. The van der Waals surface area contributed by atoms with Gasteiger partial charge in [0.1, 0.15) is 11.5 Å². The van der Waals surface area contributed by atoms with Gasteiger partial charge in [-0.2, -0.15) is 4.57 Å². The van der Waals surface area contributed by atoms with E-state index in [1.54, 1.807) is 18.4 Å². The number of ether oxygens (including phenoxy) is 2. The van der Waals surface area contributed by atoms with Crippen molar-refractivity contribution in [3.05, 3.63) is 65.1 Å². The fraction of sp³-hybridized carbons (Fsp3) is 0.500. The number of thiazole rings is 1. The van der Waals surface area contributed by atoms with Gasteiger partial charge in [0.05, 0.1) is 30.5 Å². The summed E-state index contributed by atoms with van der Waals surface area (Å²) in [5.74, 6) is 1.32. The van der Waals surface area contributed by atoms with Crippen LogP contribution in [0.15, 0.2) is 59.6 Å². The van der Waals surface area contributed by atoms with Crippen molar-refractivity contribution in [3.8, 4) is 11.5 Å². The number of aromatic nitrogens is 1. The molecule has 212 valence electrons. The van der Waals surface area contributed by atoms with E-state index >= 15 is 0 Å². The molecule has 1 aromatic heterocycles. The number of methoxy groups -OCH3 is 1. The lowest BCUT2D eigenvalue weighted by atomic mass is 10.1. The van der Waals surface area contributed by atoms with E-state index < -0.39 is 0 Å². The molecule has 2 aromatic carbocycles. The molecule has 0 aliphatic carbocycles. The molecule has 0 radical (unpaired) electrons. The first-order chi connectivity index (χ1) is 19.2. The maximum absolute atomic E-state index is 12.9. The van der Waals surface area contributed by atoms with Crippen LogP contribution in [0.4, 0.5) is 16.2 Å². The molecule has 7 heteroatoms. The minimum atomic E-state index is -0.307. The Bertz CT molecular complexity index is 1090. The molecule has 3 rings (SSSR count). The van der Waals surface area contributed by atoms with Crippen LogP contribution in [-0.4, -0.2) is 19.7 Å². The first-order valence-electron chi connectivity index (χ1n) is 14.6. The zero-order chi connectivity index (χ0) is 27.5. The number of nitrogens with one attached hydrogen (secondary N) is 2. The van der Waals surface area contributed by atoms with Crippen LogP contribution < -0.4 is 24.7 Å². The summed E-state index contributed by atoms with van der Waals surface area (Å²) in [5, 5.41) is 7.99. The first kappa shape index (κ1) is 30.5. The van der Waals surface area contributed by atoms with Gasteiger partial charge in [0.25, 0.3) is 0 Å². The number of urea groups is 1. The van der Waals surface area contributed by atoms with Crippen LogP contribution >= 0.6 is 11.3 Å². The van der Waals surface area contributed by atoms with Crippen molar-refractivity contribution in [1.29, 1.82) is 0 Å². The fourth-order valence-electron chi connectivity index (χ4n) is 4.58. The van der Waals surface area contributed by atoms with Gasteiger partial charge >= 0.3 is 6.03 Å². The van der Waals surface area contributed by atoms with Gasteiger partial charge in [-0.25, -0.2) is 4.79 Å². The second kappa shape index (κ2) is 18.3. The van der Waals surface area contributed by atoms with E-state index in [4.69, 9.17) is 9.47 Å². The second-order valence-electron chi connectivity index (χ2n) is 10.0. The largest absolute Gasteiger partial charge is 0.497 e. The van der Waals surface area contributed by atoms with Crippen molar-refractivity contribution in [2.75, 3.05) is 24.4 Å². The predicted molar refractivity (Wildman–Crippen MR) is 162 cm³/mol. The highest BCUT2D eigenvalue weighted by molar-refractivity contribution is 7.07. The molecule has 0 aliphatic rings. The molecular weight excluding hydrogens is 506 g/mol. The number of amides is 2. The zero-order valence-electron chi connectivity index (χ0n) is 23.8. The van der Waals surface area contributed by atoms with Gasteiger partial charge in [0.2, 0.25) is 5.51 Å². The van der Waals surface area contributed by atoms with Crippen molar-refractivity contribution >= 4 is 28.7 Å². The number of anilines is 2. The number of rotatable bonds is 19. The van der Waals surface area contributed by atoms with Crippen LogP contribution in [0, 0.1) is 0 Å². The molecule has 1 heterocycles. The van der Waals surface area contributed by atoms with Crippen molar-refractivity contribution in [2.24, 2.45) is 0 Å². The normalized spacial score (nSPS) is 10.8. The molecule has 0 spiro atoms. The van der Waals surface area contributed by atoms with Gasteiger partial charge in [-0.3, -0.25) is 0 Å². The van der Waals surface area contributed by atoms with Crippen LogP contribution in [0.5, 0.6) is 11.5 Å². The summed E-state index contributed by atoms with van der Waals surface area (Å²) >= 11 is 1.64. The van der Waals surface area contributed by atoms with E-state index in [2.05, 4.69) is 22.1 Å². The Morgan fingerprint density at radius 2 is 1.51 bits per heavy atom. The van der Waals surface area contributed by atoms with Crippen LogP contribution in [0.1, 0.15) is 89.5 Å². The third kappa shape index (κ3) is 11.7. The highest BCUT2D eigenvalue weighted by Crippen LogP contribution is 2.30. The van der Waals surface area contributed by atoms with Gasteiger partial charge < -0.3 is 20.1 Å². The molecule has 0 unspecified atom stereocenters. The quantitative estimate of drug-likeness (QED) is 0.115. The molecular formula is C32H46N3O3S+. The zero-order valence-corrected chi connectivity index (χ0v) is 24.6. The summed E-state index contributed by atoms with van der Waals surface area (Å²) < 4.78 is 13.6. The molecule has 2 amide bonds. The van der Waals surface area contributed by atoms with E-state index in [1.165, 1.54) is 64.2 Å². The Morgan fingerprint density at radius 1 is 0.846 bits per heavy atom. The summed E-state index contributed by atoms with van der Waals surface area (Å²) in [6.07, 6.45) is 17.7. The summed E-state index contributed by atoms with van der Waals surface area (Å²) in [5.41, 5.74) is 4.49. The van der Waals surface area contributed by atoms with E-state index in [9.17, 15) is 4.79 Å². The predicted octanol–water partition coefficient (Wildman–Crippen LogP) is 8.82. The van der Waals surface area contributed by atoms with Crippen molar-refractivity contribution in [3.63, 3.8) is 0 Å². The smallest absolute Gasteiger partial charge is 0.323 e. The lowest BCUT2D eigenvalue weighted by molar-refractivity contribution is -0.683. The van der Waals surface area contributed by atoms with Crippen molar-refractivity contribution < 1.29 is 18.8 Å². The average molecular weight is 553 g/mol. The number of para-hydroxylation sites is 1. The topological polar surface area (TPSA) is 63.5 Å². The molecule has 0 saturated heterocycles.